The van der Waals surface area contributed by atoms with Crippen molar-refractivity contribution in [2.75, 3.05) is 23.7 Å². The van der Waals surface area contributed by atoms with E-state index in [0.29, 0.717) is 11.3 Å². The number of benzene rings is 1. The predicted octanol–water partition coefficient (Wildman–Crippen LogP) is 1.84. The van der Waals surface area contributed by atoms with Crippen LogP contribution in [0.2, 0.25) is 0 Å². The van der Waals surface area contributed by atoms with Gasteiger partial charge in [-0.25, -0.2) is 8.42 Å². The number of aryl methyl sites for hydroxylation is 1. The standard InChI is InChI=1S/C17H21N3O3S/c1-3-14-6-8-16(9-7-14)20(24(2,22)23)12-11-19-17(21)15-5-4-10-18-13-15/h4-10,13H,3,11-12H2,1-2H3,(H,19,21). The van der Waals surface area contributed by atoms with Crippen molar-refractivity contribution in [3.63, 3.8) is 0 Å². The molecule has 0 saturated heterocycles. The highest BCUT2D eigenvalue weighted by molar-refractivity contribution is 7.92. The Kier molecular flexibility index (Phi) is 5.92. The highest BCUT2D eigenvalue weighted by Gasteiger charge is 2.17. The zero-order valence-corrected chi connectivity index (χ0v) is 14.6. The molecule has 0 spiro atoms. The van der Waals surface area contributed by atoms with Gasteiger partial charge in [0.1, 0.15) is 0 Å². The molecule has 1 aromatic carbocycles. The summed E-state index contributed by atoms with van der Waals surface area (Å²) in [6, 6.07) is 10.7. The zero-order valence-electron chi connectivity index (χ0n) is 13.8. The lowest BCUT2D eigenvalue weighted by Crippen LogP contribution is -2.38. The topological polar surface area (TPSA) is 79.4 Å². The van der Waals surface area contributed by atoms with Gasteiger partial charge < -0.3 is 5.32 Å². The van der Waals surface area contributed by atoms with Gasteiger partial charge in [0.05, 0.1) is 24.1 Å². The number of rotatable bonds is 7. The van der Waals surface area contributed by atoms with E-state index < -0.39 is 10.0 Å². The molecule has 0 aliphatic carbocycles. The number of carbonyl (C=O) groups is 1. The molecule has 1 aromatic heterocycles. The maximum Gasteiger partial charge on any atom is 0.252 e. The Labute approximate surface area is 142 Å². The lowest BCUT2D eigenvalue weighted by Gasteiger charge is -2.22. The molecule has 128 valence electrons. The second kappa shape index (κ2) is 7.92. The summed E-state index contributed by atoms with van der Waals surface area (Å²) in [5.41, 5.74) is 2.16. The van der Waals surface area contributed by atoms with Crippen LogP contribution in [0, 0.1) is 0 Å². The van der Waals surface area contributed by atoms with E-state index in [2.05, 4.69) is 10.3 Å². The molecule has 1 heterocycles. The smallest absolute Gasteiger partial charge is 0.252 e. The molecule has 0 saturated carbocycles. The maximum atomic E-state index is 12.0. The molecule has 0 unspecified atom stereocenters. The summed E-state index contributed by atoms with van der Waals surface area (Å²) in [6.45, 7) is 2.41. The van der Waals surface area contributed by atoms with Crippen LogP contribution < -0.4 is 9.62 Å². The zero-order chi connectivity index (χ0) is 17.6. The fourth-order valence-corrected chi connectivity index (χ4v) is 3.18. The number of hydrogen-bond donors (Lipinski definition) is 1. The van der Waals surface area contributed by atoms with E-state index in [1.165, 1.54) is 10.5 Å². The Hall–Kier alpha value is -2.41. The van der Waals surface area contributed by atoms with E-state index in [-0.39, 0.29) is 19.0 Å². The molecular weight excluding hydrogens is 326 g/mol. The van der Waals surface area contributed by atoms with Crippen molar-refractivity contribution in [2.45, 2.75) is 13.3 Å². The molecule has 0 fully saturated rings. The molecule has 0 aliphatic heterocycles. The number of hydrogen-bond acceptors (Lipinski definition) is 4. The van der Waals surface area contributed by atoms with E-state index in [4.69, 9.17) is 0 Å². The van der Waals surface area contributed by atoms with Crippen LogP contribution in [0.4, 0.5) is 5.69 Å². The Bertz CT molecular complexity index is 774. The minimum absolute atomic E-state index is 0.163. The predicted molar refractivity (Wildman–Crippen MR) is 94.6 cm³/mol. The third-order valence-corrected chi connectivity index (χ3v) is 4.75. The lowest BCUT2D eigenvalue weighted by molar-refractivity contribution is 0.0954. The highest BCUT2D eigenvalue weighted by Crippen LogP contribution is 2.18. The largest absolute Gasteiger partial charge is 0.350 e. The number of nitrogens with one attached hydrogen (secondary N) is 1. The SMILES string of the molecule is CCc1ccc(N(CCNC(=O)c2cccnc2)S(C)(=O)=O)cc1. The number of amides is 1. The van der Waals surface area contributed by atoms with Crippen LogP contribution in [0.15, 0.2) is 48.8 Å². The van der Waals surface area contributed by atoms with Crippen molar-refractivity contribution in [3.8, 4) is 0 Å². The number of carbonyl (C=O) groups excluding carboxylic acids is 1. The van der Waals surface area contributed by atoms with E-state index >= 15 is 0 Å². The highest BCUT2D eigenvalue weighted by atomic mass is 32.2. The van der Waals surface area contributed by atoms with Gasteiger partial charge in [0.25, 0.3) is 5.91 Å². The van der Waals surface area contributed by atoms with Crippen LogP contribution in [0.5, 0.6) is 0 Å². The number of anilines is 1. The van der Waals surface area contributed by atoms with Crippen LogP contribution in [0.25, 0.3) is 0 Å². The molecule has 2 aromatic rings. The third kappa shape index (κ3) is 4.79. The van der Waals surface area contributed by atoms with Crippen molar-refractivity contribution in [3.05, 3.63) is 59.9 Å². The summed E-state index contributed by atoms with van der Waals surface area (Å²) in [6.07, 6.45) is 5.10. The Morgan fingerprint density at radius 1 is 1.21 bits per heavy atom. The maximum absolute atomic E-state index is 12.0. The molecule has 2 rings (SSSR count). The molecule has 7 heteroatoms. The Morgan fingerprint density at radius 3 is 2.46 bits per heavy atom. The molecule has 0 radical (unpaired) electrons. The minimum Gasteiger partial charge on any atom is -0.350 e. The summed E-state index contributed by atoms with van der Waals surface area (Å²) in [4.78, 5) is 15.9. The third-order valence-electron chi connectivity index (χ3n) is 3.56. The lowest BCUT2D eigenvalue weighted by atomic mass is 10.1. The summed E-state index contributed by atoms with van der Waals surface area (Å²) in [5, 5.41) is 2.71. The van der Waals surface area contributed by atoms with E-state index in [1.54, 1.807) is 30.5 Å². The van der Waals surface area contributed by atoms with Crippen molar-refractivity contribution in [1.82, 2.24) is 10.3 Å². The van der Waals surface area contributed by atoms with Crippen LogP contribution >= 0.6 is 0 Å². The van der Waals surface area contributed by atoms with Crippen molar-refractivity contribution in [1.29, 1.82) is 0 Å². The average molecular weight is 347 g/mol. The van der Waals surface area contributed by atoms with E-state index in [0.717, 1.165) is 18.2 Å². The van der Waals surface area contributed by atoms with Crippen LogP contribution in [-0.4, -0.2) is 38.7 Å². The molecule has 1 amide bonds. The normalized spacial score (nSPS) is 11.1. The van der Waals surface area contributed by atoms with Gasteiger partial charge in [-0.05, 0) is 36.2 Å². The van der Waals surface area contributed by atoms with Crippen molar-refractivity contribution in [2.24, 2.45) is 0 Å². The summed E-state index contributed by atoms with van der Waals surface area (Å²) in [5.74, 6) is -0.280. The first-order valence-electron chi connectivity index (χ1n) is 7.66. The van der Waals surface area contributed by atoms with Gasteiger partial charge in [-0.2, -0.15) is 0 Å². The summed E-state index contributed by atoms with van der Waals surface area (Å²) < 4.78 is 25.4. The molecule has 6 nitrogen and oxygen atoms in total. The monoisotopic (exact) mass is 347 g/mol. The first-order valence-corrected chi connectivity index (χ1v) is 9.51. The Morgan fingerprint density at radius 2 is 1.92 bits per heavy atom. The molecule has 0 atom stereocenters. The van der Waals surface area contributed by atoms with E-state index in [9.17, 15) is 13.2 Å². The molecule has 0 aliphatic rings. The molecule has 0 bridgehead atoms. The van der Waals surface area contributed by atoms with Crippen LogP contribution in [-0.2, 0) is 16.4 Å². The van der Waals surface area contributed by atoms with Gasteiger partial charge in [0, 0.05) is 18.9 Å². The average Bonchev–Trinajstić information content (AvgIpc) is 2.58. The molecular formula is C17H21N3O3S. The van der Waals surface area contributed by atoms with Gasteiger partial charge in [0.2, 0.25) is 10.0 Å². The number of nitrogens with zero attached hydrogens (tertiary/aromatic N) is 2. The number of sulfonamides is 1. The number of pyridine rings is 1. The second-order valence-electron chi connectivity index (χ2n) is 5.35. The molecule has 1 N–H and O–H groups in total. The van der Waals surface area contributed by atoms with Gasteiger partial charge in [-0.15, -0.1) is 0 Å². The number of aromatic nitrogens is 1. The van der Waals surface area contributed by atoms with Crippen molar-refractivity contribution >= 4 is 21.6 Å². The fraction of sp³-hybridized carbons (Fsp3) is 0.294. The van der Waals surface area contributed by atoms with Gasteiger partial charge in [-0.1, -0.05) is 19.1 Å². The van der Waals surface area contributed by atoms with Gasteiger partial charge in [0.15, 0.2) is 0 Å². The summed E-state index contributed by atoms with van der Waals surface area (Å²) >= 11 is 0. The second-order valence-corrected chi connectivity index (χ2v) is 7.26. The fourth-order valence-electron chi connectivity index (χ4n) is 2.25. The van der Waals surface area contributed by atoms with Gasteiger partial charge >= 0.3 is 0 Å². The van der Waals surface area contributed by atoms with E-state index in [1.807, 2.05) is 19.1 Å². The van der Waals surface area contributed by atoms with Crippen molar-refractivity contribution < 1.29 is 13.2 Å². The molecule has 24 heavy (non-hydrogen) atoms. The Balaban J connectivity index is 2.03. The quantitative estimate of drug-likeness (QED) is 0.829. The summed E-state index contributed by atoms with van der Waals surface area (Å²) in [7, 11) is -3.43. The first kappa shape index (κ1) is 17.9. The van der Waals surface area contributed by atoms with Crippen LogP contribution in [0.3, 0.4) is 0 Å². The minimum atomic E-state index is -3.43. The first-order chi connectivity index (χ1) is 11.4. The van der Waals surface area contributed by atoms with Crippen LogP contribution in [0.1, 0.15) is 22.8 Å². The van der Waals surface area contributed by atoms with Gasteiger partial charge in [-0.3, -0.25) is 14.1 Å².